The van der Waals surface area contributed by atoms with Crippen LogP contribution in [0.15, 0.2) is 0 Å². The number of hydrogen-bond donors (Lipinski definition) is 0. The Morgan fingerprint density at radius 3 is 0.853 bits per heavy atom. The van der Waals surface area contributed by atoms with Gasteiger partial charge in [0.25, 0.3) is 0 Å². The summed E-state index contributed by atoms with van der Waals surface area (Å²) in [6, 6.07) is 0. The van der Waals surface area contributed by atoms with E-state index in [-0.39, 0.29) is 33.3 Å². The Morgan fingerprint density at radius 2 is 0.618 bits per heavy atom. The van der Waals surface area contributed by atoms with Crippen LogP contribution in [0.5, 0.6) is 0 Å². The number of rotatable bonds is 24. The van der Waals surface area contributed by atoms with Crippen molar-refractivity contribution in [3.63, 3.8) is 0 Å². The summed E-state index contributed by atoms with van der Waals surface area (Å²) in [7, 11) is 3.59. The Morgan fingerprint density at radius 1 is 0.412 bits per heavy atom. The first-order valence-corrected chi connectivity index (χ1v) is 14.9. The predicted octanol–water partition coefficient (Wildman–Crippen LogP) is 6.52. The van der Waals surface area contributed by atoms with Crippen LogP contribution in [0.4, 0.5) is 0 Å². The van der Waals surface area contributed by atoms with Gasteiger partial charge in [-0.15, -0.1) is 0 Å². The summed E-state index contributed by atoms with van der Waals surface area (Å²) in [5.41, 5.74) is 0. The van der Waals surface area contributed by atoms with E-state index in [1.54, 1.807) is 14.1 Å². The van der Waals surface area contributed by atoms with Crippen molar-refractivity contribution in [2.24, 2.45) is 0 Å². The van der Waals surface area contributed by atoms with E-state index in [2.05, 4.69) is 13.8 Å². The Bertz CT molecular complexity index is 425. The van der Waals surface area contributed by atoms with Crippen LogP contribution in [-0.4, -0.2) is 30.4 Å². The average molecular weight is 547 g/mol. The minimum Gasteiger partial charge on any atom is -1.00 e. The SMILES string of the molecule is CCCCCCCCCCCCCC(=O)[N+](C)(C)C(=O)CCCCCCCCCCCCC.[Br-]. The minimum absolute atomic E-state index is 0. The molecule has 0 bridgehead atoms. The molecule has 0 N–H and O–H groups in total. The maximum absolute atomic E-state index is 12.6. The summed E-state index contributed by atoms with van der Waals surface area (Å²) in [5, 5.41) is 0. The Labute approximate surface area is 224 Å². The molecule has 0 atom stereocenters. The van der Waals surface area contributed by atoms with Gasteiger partial charge in [0.15, 0.2) is 0 Å². The fourth-order valence-corrected chi connectivity index (χ4v) is 4.58. The lowest BCUT2D eigenvalue weighted by molar-refractivity contribution is -0.736. The lowest BCUT2D eigenvalue weighted by atomic mass is 10.0. The lowest BCUT2D eigenvalue weighted by Gasteiger charge is -2.24. The molecule has 0 aromatic rings. The van der Waals surface area contributed by atoms with E-state index in [9.17, 15) is 9.59 Å². The Kier molecular flexibility index (Phi) is 27.3. The maximum atomic E-state index is 12.6. The van der Waals surface area contributed by atoms with Crippen LogP contribution >= 0.6 is 0 Å². The number of quaternary nitrogens is 1. The summed E-state index contributed by atoms with van der Waals surface area (Å²) in [4.78, 5) is 25.2. The van der Waals surface area contributed by atoms with Gasteiger partial charge in [0, 0.05) is 0 Å². The van der Waals surface area contributed by atoms with E-state index in [1.807, 2.05) is 0 Å². The molecule has 0 radical (unpaired) electrons. The molecule has 0 spiro atoms. The summed E-state index contributed by atoms with van der Waals surface area (Å²) in [6.45, 7) is 4.53. The van der Waals surface area contributed by atoms with Gasteiger partial charge < -0.3 is 17.0 Å². The van der Waals surface area contributed by atoms with Crippen molar-refractivity contribution >= 4 is 11.8 Å². The molecule has 3 nitrogen and oxygen atoms in total. The first-order chi connectivity index (χ1) is 16.0. The van der Waals surface area contributed by atoms with Gasteiger partial charge in [-0.1, -0.05) is 142 Å². The van der Waals surface area contributed by atoms with Gasteiger partial charge in [-0.25, -0.2) is 14.1 Å². The molecule has 0 aliphatic carbocycles. The van der Waals surface area contributed by atoms with Crippen molar-refractivity contribution in [3.8, 4) is 0 Å². The molecule has 0 fully saturated rings. The second kappa shape index (κ2) is 25.9. The van der Waals surface area contributed by atoms with Crippen LogP contribution in [0.2, 0.25) is 0 Å². The second-order valence-corrected chi connectivity index (χ2v) is 10.8. The van der Waals surface area contributed by atoms with Crippen molar-refractivity contribution in [3.05, 3.63) is 0 Å². The Hall–Kier alpha value is -0.220. The van der Waals surface area contributed by atoms with Gasteiger partial charge in [-0.05, 0) is 12.8 Å². The zero-order valence-electron chi connectivity index (χ0n) is 23.6. The van der Waals surface area contributed by atoms with Gasteiger partial charge in [0.05, 0.1) is 26.9 Å². The molecular formula is C30H60BrNO2. The van der Waals surface area contributed by atoms with Gasteiger partial charge in [0.1, 0.15) is 0 Å². The van der Waals surface area contributed by atoms with E-state index >= 15 is 0 Å². The van der Waals surface area contributed by atoms with Gasteiger partial charge in [0.2, 0.25) is 0 Å². The molecule has 0 aromatic heterocycles. The van der Waals surface area contributed by atoms with E-state index in [4.69, 9.17) is 0 Å². The molecule has 4 heteroatoms. The molecule has 0 saturated carbocycles. The number of imide groups is 1. The third-order valence-electron chi connectivity index (χ3n) is 7.24. The molecule has 0 saturated heterocycles. The summed E-state index contributed by atoms with van der Waals surface area (Å²) < 4.78 is -0.0600. The Balaban J connectivity index is 0. The molecule has 0 heterocycles. The number of hydrogen-bond acceptors (Lipinski definition) is 2. The van der Waals surface area contributed by atoms with Crippen LogP contribution < -0.4 is 17.0 Å². The molecule has 0 aliphatic heterocycles. The fourth-order valence-electron chi connectivity index (χ4n) is 4.58. The summed E-state index contributed by atoms with van der Waals surface area (Å²) in [5.74, 6) is 0.193. The molecule has 0 aliphatic rings. The smallest absolute Gasteiger partial charge is 0.320 e. The van der Waals surface area contributed by atoms with E-state index in [1.165, 1.54) is 116 Å². The zero-order valence-corrected chi connectivity index (χ0v) is 25.2. The number of amides is 2. The topological polar surface area (TPSA) is 34.1 Å². The number of unbranched alkanes of at least 4 members (excludes halogenated alkanes) is 20. The fraction of sp³-hybridized carbons (Fsp3) is 0.933. The van der Waals surface area contributed by atoms with Crippen molar-refractivity contribution < 1.29 is 31.1 Å². The first-order valence-electron chi connectivity index (χ1n) is 14.9. The summed E-state index contributed by atoms with van der Waals surface area (Å²) in [6.07, 6.45) is 29.3. The van der Waals surface area contributed by atoms with Gasteiger partial charge >= 0.3 is 11.8 Å². The number of carbonyl (C=O) groups excluding carboxylic acids is 2. The molecule has 0 rings (SSSR count). The quantitative estimate of drug-likeness (QED) is 0.102. The third kappa shape index (κ3) is 21.1. The lowest BCUT2D eigenvalue weighted by Crippen LogP contribution is -3.00. The normalized spacial score (nSPS) is 11.4. The third-order valence-corrected chi connectivity index (χ3v) is 7.24. The van der Waals surface area contributed by atoms with Crippen molar-refractivity contribution in [2.75, 3.05) is 14.1 Å². The number of carbonyl (C=O) groups is 2. The van der Waals surface area contributed by atoms with Crippen LogP contribution in [-0.2, 0) is 9.59 Å². The van der Waals surface area contributed by atoms with Crippen LogP contribution in [0.25, 0.3) is 0 Å². The predicted molar refractivity (Wildman–Crippen MR) is 144 cm³/mol. The van der Waals surface area contributed by atoms with Crippen molar-refractivity contribution in [1.82, 2.24) is 0 Å². The van der Waals surface area contributed by atoms with E-state index in [0.717, 1.165) is 25.7 Å². The summed E-state index contributed by atoms with van der Waals surface area (Å²) >= 11 is 0. The standard InChI is InChI=1S/C30H60NO2.BrH/c1-5-7-9-11-13-15-17-19-21-23-25-27-29(32)31(3,4)30(33)28-26-24-22-20-18-16-14-12-10-8-6-2;/h5-28H2,1-4H3;1H/q+1;/p-1. The molecule has 0 aromatic carbocycles. The zero-order chi connectivity index (χ0) is 24.6. The highest BCUT2D eigenvalue weighted by atomic mass is 79.9. The number of nitrogens with zero attached hydrogens (tertiary/aromatic N) is 1. The van der Waals surface area contributed by atoms with Crippen molar-refractivity contribution in [1.29, 1.82) is 0 Å². The van der Waals surface area contributed by atoms with Crippen molar-refractivity contribution in [2.45, 2.75) is 168 Å². The minimum atomic E-state index is -0.0600. The number of halogens is 1. The largest absolute Gasteiger partial charge is 1.00 e. The highest BCUT2D eigenvalue weighted by Gasteiger charge is 2.33. The monoisotopic (exact) mass is 545 g/mol. The van der Waals surface area contributed by atoms with Crippen LogP contribution in [0, 0.1) is 0 Å². The first kappa shape index (κ1) is 35.9. The van der Waals surface area contributed by atoms with Crippen LogP contribution in [0.1, 0.15) is 168 Å². The highest BCUT2D eigenvalue weighted by Crippen LogP contribution is 2.16. The highest BCUT2D eigenvalue weighted by molar-refractivity contribution is 5.84. The van der Waals surface area contributed by atoms with E-state index in [0.29, 0.717) is 12.8 Å². The molecule has 34 heavy (non-hydrogen) atoms. The van der Waals surface area contributed by atoms with Gasteiger partial charge in [-0.2, -0.15) is 0 Å². The van der Waals surface area contributed by atoms with Gasteiger partial charge in [-0.3, -0.25) is 0 Å². The molecule has 204 valence electrons. The molecule has 2 amide bonds. The molecular weight excluding hydrogens is 486 g/mol. The molecule has 0 unspecified atom stereocenters. The maximum Gasteiger partial charge on any atom is 0.320 e. The van der Waals surface area contributed by atoms with E-state index < -0.39 is 0 Å². The van der Waals surface area contributed by atoms with Crippen LogP contribution in [0.3, 0.4) is 0 Å². The second-order valence-electron chi connectivity index (χ2n) is 10.8. The average Bonchev–Trinajstić information content (AvgIpc) is 2.80.